The fraction of sp³-hybridized carbons (Fsp3) is 0. The lowest BCUT2D eigenvalue weighted by Crippen LogP contribution is -1.89. The number of pyridine rings is 1. The standard InChI is InChI=1S/C9H4F2IN/c10-7-2-1-5-3-6(12)4-13-9(5)8(7)11/h1-4H. The fourth-order valence-electron chi connectivity index (χ4n) is 1.11. The minimum atomic E-state index is -0.881. The van der Waals surface area contributed by atoms with Crippen molar-refractivity contribution in [2.75, 3.05) is 0 Å². The molecule has 1 nitrogen and oxygen atoms in total. The van der Waals surface area contributed by atoms with Gasteiger partial charge in [0.15, 0.2) is 11.6 Å². The number of benzene rings is 1. The first-order valence-corrected chi connectivity index (χ1v) is 4.65. The molecule has 0 saturated heterocycles. The van der Waals surface area contributed by atoms with Crippen LogP contribution < -0.4 is 0 Å². The van der Waals surface area contributed by atoms with Gasteiger partial charge in [-0.15, -0.1) is 0 Å². The zero-order valence-electron chi connectivity index (χ0n) is 6.39. The summed E-state index contributed by atoms with van der Waals surface area (Å²) in [5.41, 5.74) is 0.0837. The Morgan fingerprint density at radius 3 is 2.77 bits per heavy atom. The second-order valence-corrected chi connectivity index (χ2v) is 3.83. The van der Waals surface area contributed by atoms with Gasteiger partial charge in [-0.25, -0.2) is 8.78 Å². The molecule has 1 heterocycles. The molecule has 66 valence electrons. The molecule has 4 heteroatoms. The Labute approximate surface area is 86.9 Å². The van der Waals surface area contributed by atoms with Crippen molar-refractivity contribution in [1.29, 1.82) is 0 Å². The topological polar surface area (TPSA) is 12.9 Å². The molecule has 0 aliphatic heterocycles. The van der Waals surface area contributed by atoms with Gasteiger partial charge in [0, 0.05) is 15.2 Å². The Morgan fingerprint density at radius 1 is 1.23 bits per heavy atom. The van der Waals surface area contributed by atoms with Gasteiger partial charge >= 0.3 is 0 Å². The lowest BCUT2D eigenvalue weighted by Gasteiger charge is -1.99. The van der Waals surface area contributed by atoms with Gasteiger partial charge in [0.25, 0.3) is 0 Å². The van der Waals surface area contributed by atoms with Gasteiger partial charge in [0.2, 0.25) is 0 Å². The highest BCUT2D eigenvalue weighted by atomic mass is 127. The van der Waals surface area contributed by atoms with Crippen molar-refractivity contribution in [3.8, 4) is 0 Å². The summed E-state index contributed by atoms with van der Waals surface area (Å²) in [4.78, 5) is 3.82. The maximum absolute atomic E-state index is 13.1. The van der Waals surface area contributed by atoms with Crippen LogP contribution in [0.15, 0.2) is 24.4 Å². The minimum Gasteiger partial charge on any atom is -0.252 e. The molecule has 0 spiro atoms. The van der Waals surface area contributed by atoms with Crippen LogP contribution in [0.5, 0.6) is 0 Å². The van der Waals surface area contributed by atoms with Gasteiger partial charge in [0.1, 0.15) is 5.52 Å². The summed E-state index contributed by atoms with van der Waals surface area (Å²) in [6, 6.07) is 4.38. The predicted molar refractivity (Wildman–Crippen MR) is 54.4 cm³/mol. The van der Waals surface area contributed by atoms with E-state index in [2.05, 4.69) is 27.6 Å². The summed E-state index contributed by atoms with van der Waals surface area (Å²) in [6.45, 7) is 0. The molecule has 0 amide bonds. The Bertz CT molecular complexity index is 470. The molecule has 0 aliphatic carbocycles. The van der Waals surface area contributed by atoms with Gasteiger partial charge in [-0.2, -0.15) is 0 Å². The Balaban J connectivity index is 2.87. The fourth-order valence-corrected chi connectivity index (χ4v) is 1.59. The molecule has 1 aromatic carbocycles. The van der Waals surface area contributed by atoms with E-state index in [-0.39, 0.29) is 5.52 Å². The van der Waals surface area contributed by atoms with Crippen LogP contribution in [0, 0.1) is 15.2 Å². The van der Waals surface area contributed by atoms with Crippen LogP contribution in [0.3, 0.4) is 0 Å². The molecule has 13 heavy (non-hydrogen) atoms. The number of rotatable bonds is 0. The van der Waals surface area contributed by atoms with E-state index in [1.165, 1.54) is 12.3 Å². The summed E-state index contributed by atoms with van der Waals surface area (Å²) in [5.74, 6) is -1.74. The molecule has 2 aromatic rings. The van der Waals surface area contributed by atoms with Crippen LogP contribution in [0.25, 0.3) is 10.9 Å². The molecule has 0 bridgehead atoms. The highest BCUT2D eigenvalue weighted by Gasteiger charge is 2.07. The summed E-state index contributed by atoms with van der Waals surface area (Å²) < 4.78 is 26.7. The summed E-state index contributed by atoms with van der Waals surface area (Å²) in [5, 5.41) is 0.616. The van der Waals surface area contributed by atoms with E-state index >= 15 is 0 Å². The van der Waals surface area contributed by atoms with Crippen molar-refractivity contribution in [3.63, 3.8) is 0 Å². The van der Waals surface area contributed by atoms with Crippen molar-refractivity contribution >= 4 is 33.5 Å². The second kappa shape index (κ2) is 3.17. The number of hydrogen-bond acceptors (Lipinski definition) is 1. The van der Waals surface area contributed by atoms with Crippen LogP contribution in [-0.2, 0) is 0 Å². The maximum atomic E-state index is 13.1. The molecule has 2 rings (SSSR count). The molecular weight excluding hydrogens is 287 g/mol. The van der Waals surface area contributed by atoms with Crippen molar-refractivity contribution in [2.24, 2.45) is 0 Å². The lowest BCUT2D eigenvalue weighted by molar-refractivity contribution is 0.515. The van der Waals surface area contributed by atoms with Crippen LogP contribution in [0.1, 0.15) is 0 Å². The van der Waals surface area contributed by atoms with E-state index in [1.807, 2.05) is 0 Å². The van der Waals surface area contributed by atoms with Crippen LogP contribution in [-0.4, -0.2) is 4.98 Å². The third-order valence-electron chi connectivity index (χ3n) is 1.71. The lowest BCUT2D eigenvalue weighted by atomic mass is 10.2. The molecule has 0 atom stereocenters. The zero-order chi connectivity index (χ0) is 9.42. The monoisotopic (exact) mass is 291 g/mol. The smallest absolute Gasteiger partial charge is 0.184 e. The highest BCUT2D eigenvalue weighted by Crippen LogP contribution is 2.19. The van der Waals surface area contributed by atoms with Crippen molar-refractivity contribution < 1.29 is 8.78 Å². The second-order valence-electron chi connectivity index (χ2n) is 2.59. The largest absolute Gasteiger partial charge is 0.252 e. The van der Waals surface area contributed by atoms with Gasteiger partial charge < -0.3 is 0 Å². The first-order chi connectivity index (χ1) is 6.18. The first-order valence-electron chi connectivity index (χ1n) is 3.58. The number of fused-ring (bicyclic) bond motifs is 1. The molecule has 0 radical (unpaired) electrons. The van der Waals surface area contributed by atoms with Crippen molar-refractivity contribution in [1.82, 2.24) is 4.98 Å². The van der Waals surface area contributed by atoms with Gasteiger partial charge in [-0.1, -0.05) is 0 Å². The normalized spacial score (nSPS) is 10.7. The summed E-state index contributed by atoms with van der Waals surface area (Å²) in [6.07, 6.45) is 1.51. The van der Waals surface area contributed by atoms with E-state index in [9.17, 15) is 8.78 Å². The molecule has 0 fully saturated rings. The number of nitrogens with zero attached hydrogens (tertiary/aromatic N) is 1. The average Bonchev–Trinajstić information content (AvgIpc) is 2.12. The molecule has 0 aliphatic rings. The number of halogens is 3. The predicted octanol–water partition coefficient (Wildman–Crippen LogP) is 3.12. The van der Waals surface area contributed by atoms with E-state index in [0.29, 0.717) is 5.39 Å². The van der Waals surface area contributed by atoms with Crippen LogP contribution >= 0.6 is 22.6 Å². The van der Waals surface area contributed by atoms with E-state index in [0.717, 1.165) is 9.64 Å². The molecular formula is C9H4F2IN. The van der Waals surface area contributed by atoms with Gasteiger partial charge in [-0.3, -0.25) is 4.98 Å². The van der Waals surface area contributed by atoms with Gasteiger partial charge in [0.05, 0.1) is 0 Å². The highest BCUT2D eigenvalue weighted by molar-refractivity contribution is 14.1. The quantitative estimate of drug-likeness (QED) is 0.680. The Hall–Kier alpha value is -0.780. The molecule has 0 unspecified atom stereocenters. The number of aromatic nitrogens is 1. The first kappa shape index (κ1) is 8.80. The maximum Gasteiger partial charge on any atom is 0.184 e. The number of hydrogen-bond donors (Lipinski definition) is 0. The van der Waals surface area contributed by atoms with E-state index < -0.39 is 11.6 Å². The van der Waals surface area contributed by atoms with Crippen LogP contribution in [0.2, 0.25) is 0 Å². The van der Waals surface area contributed by atoms with Crippen LogP contribution in [0.4, 0.5) is 8.78 Å². The Morgan fingerprint density at radius 2 is 2.00 bits per heavy atom. The van der Waals surface area contributed by atoms with Crippen molar-refractivity contribution in [2.45, 2.75) is 0 Å². The zero-order valence-corrected chi connectivity index (χ0v) is 8.55. The third kappa shape index (κ3) is 1.50. The van der Waals surface area contributed by atoms with E-state index in [1.54, 1.807) is 6.07 Å². The third-order valence-corrected chi connectivity index (χ3v) is 2.30. The molecule has 1 aromatic heterocycles. The minimum absolute atomic E-state index is 0.0837. The Kier molecular flexibility index (Phi) is 2.15. The molecule has 0 saturated carbocycles. The van der Waals surface area contributed by atoms with Gasteiger partial charge in [-0.05, 0) is 40.8 Å². The summed E-state index contributed by atoms with van der Waals surface area (Å²) in [7, 11) is 0. The molecule has 0 N–H and O–H groups in total. The average molecular weight is 291 g/mol. The summed E-state index contributed by atoms with van der Waals surface area (Å²) >= 11 is 2.07. The SMILES string of the molecule is Fc1ccc2cc(I)cnc2c1F. The van der Waals surface area contributed by atoms with Crippen molar-refractivity contribution in [3.05, 3.63) is 39.6 Å². The van der Waals surface area contributed by atoms with E-state index in [4.69, 9.17) is 0 Å².